The van der Waals surface area contributed by atoms with Crippen LogP contribution in [0.4, 0.5) is 14.6 Å². The van der Waals surface area contributed by atoms with E-state index in [9.17, 15) is 32.5 Å². The molecule has 0 spiro atoms. The van der Waals surface area contributed by atoms with Gasteiger partial charge in [-0.25, -0.2) is 32.0 Å². The van der Waals surface area contributed by atoms with Crippen LogP contribution in [-0.4, -0.2) is 63.9 Å². The zero-order chi connectivity index (χ0) is 25.7. The Morgan fingerprint density at radius 2 is 1.91 bits per heavy atom. The second kappa shape index (κ2) is 8.95. The van der Waals surface area contributed by atoms with E-state index in [2.05, 4.69) is 28.1 Å². The van der Waals surface area contributed by atoms with Crippen LogP contribution in [0.1, 0.15) is 11.8 Å². The van der Waals surface area contributed by atoms with E-state index in [1.807, 2.05) is 0 Å². The van der Waals surface area contributed by atoms with Crippen molar-refractivity contribution in [2.75, 3.05) is 12.3 Å². The molecule has 1 fully saturated rings. The Labute approximate surface area is 186 Å². The van der Waals surface area contributed by atoms with Crippen LogP contribution in [0.15, 0.2) is 12.4 Å². The number of rotatable bonds is 8. The fourth-order valence-corrected chi connectivity index (χ4v) is 6.02. The van der Waals surface area contributed by atoms with E-state index in [0.717, 1.165) is 16.9 Å². The Morgan fingerprint density at radius 3 is 2.50 bits per heavy atom. The molecule has 6 atom stereocenters. The Hall–Kier alpha value is -1.90. The number of hydrogen-bond donors (Lipinski definition) is 6. The van der Waals surface area contributed by atoms with E-state index in [1.165, 1.54) is 0 Å². The highest BCUT2D eigenvalue weighted by atomic mass is 31.3. The molecule has 0 bridgehead atoms. The maximum atomic E-state index is 15.0. The molecule has 0 amide bonds. The lowest BCUT2D eigenvalue weighted by Crippen LogP contribution is -2.43. The molecule has 3 heterocycles. The smallest absolute Gasteiger partial charge is 0.382 e. The number of nitrogen functional groups attached to an aromatic ring is 1. The molecule has 17 nitrogen and oxygen atoms in total. The highest BCUT2D eigenvalue weighted by Crippen LogP contribution is 2.66. The molecule has 0 saturated carbocycles. The molecule has 1 aliphatic heterocycles. The summed E-state index contributed by atoms with van der Waals surface area (Å²) < 4.78 is 80.7. The van der Waals surface area contributed by atoms with E-state index in [-0.39, 0.29) is 17.0 Å². The number of fused-ring (bicyclic) bond motifs is 1. The fraction of sp³-hybridized carbons (Fsp3) is 0.417. The second-order valence-electron chi connectivity index (χ2n) is 6.59. The number of ether oxygens (including phenoxy) is 1. The molecule has 0 aliphatic carbocycles. The lowest BCUT2D eigenvalue weighted by Gasteiger charge is -2.19. The summed E-state index contributed by atoms with van der Waals surface area (Å²) in [7, 11) is -17.2. The van der Waals surface area contributed by atoms with Crippen LogP contribution in [0.3, 0.4) is 0 Å². The van der Waals surface area contributed by atoms with Crippen molar-refractivity contribution in [1.29, 1.82) is 0 Å². The molecular formula is C12H15F2N5O12P3+. The minimum absolute atomic E-state index is 0.310. The first kappa shape index (κ1) is 26.7. The zero-order valence-electron chi connectivity index (χ0n) is 16.2. The number of alkyl halides is 1. The number of anilines is 1. The van der Waals surface area contributed by atoms with E-state index in [1.54, 1.807) is 0 Å². The second-order valence-corrected chi connectivity index (χ2v) is 11.0. The Balaban J connectivity index is 1.85. The Bertz CT molecular complexity index is 1300. The lowest BCUT2D eigenvalue weighted by atomic mass is 10.0. The predicted octanol–water partition coefficient (Wildman–Crippen LogP) is 0.223. The van der Waals surface area contributed by atoms with Crippen molar-refractivity contribution in [2.24, 2.45) is 0 Å². The van der Waals surface area contributed by atoms with Crippen molar-refractivity contribution >= 4 is 34.8 Å². The molecular weight excluding hydrogens is 537 g/mol. The number of nitrogens with two attached hydrogens (primary N) is 1. The van der Waals surface area contributed by atoms with Crippen LogP contribution < -0.4 is 5.73 Å². The maximum Gasteiger partial charge on any atom is 0.490 e. The molecule has 3 rings (SSSR count). The molecule has 7 N–H and O–H groups in total. The largest absolute Gasteiger partial charge is 0.490 e. The molecule has 188 valence electrons. The van der Waals surface area contributed by atoms with Gasteiger partial charge in [0.25, 0.3) is 6.57 Å². The van der Waals surface area contributed by atoms with Crippen LogP contribution in [0.2, 0.25) is 0 Å². The average Bonchev–Trinajstić information content (AvgIpc) is 3.14. The van der Waals surface area contributed by atoms with Gasteiger partial charge in [0.1, 0.15) is 17.9 Å². The number of phosphoric ester groups is 1. The first-order chi connectivity index (χ1) is 15.5. The van der Waals surface area contributed by atoms with Gasteiger partial charge in [0.05, 0.1) is 5.69 Å². The van der Waals surface area contributed by atoms with Gasteiger partial charge >= 0.3 is 29.2 Å². The van der Waals surface area contributed by atoms with Crippen molar-refractivity contribution in [3.63, 3.8) is 0 Å². The molecule has 22 heteroatoms. The zero-order valence-corrected chi connectivity index (χ0v) is 18.9. The third-order valence-electron chi connectivity index (χ3n) is 4.31. The van der Waals surface area contributed by atoms with Crippen molar-refractivity contribution in [3.8, 4) is 6.57 Å². The van der Waals surface area contributed by atoms with Crippen molar-refractivity contribution in [1.82, 2.24) is 14.6 Å². The quantitative estimate of drug-likeness (QED) is 0.240. The van der Waals surface area contributed by atoms with Crippen LogP contribution in [-0.2, 0) is 31.6 Å². The van der Waals surface area contributed by atoms with Gasteiger partial charge in [-0.2, -0.15) is 13.7 Å². The van der Waals surface area contributed by atoms with E-state index in [0.29, 0.717) is 0 Å². The van der Waals surface area contributed by atoms with Crippen LogP contribution in [0, 0.1) is 12.4 Å². The number of nitrogens with zero attached hydrogens (tertiary/aromatic N) is 4. The number of aliphatic hydroxyl groups is 1. The van der Waals surface area contributed by atoms with E-state index < -0.39 is 60.0 Å². The standard InChI is InChI=1S/C12H14F2N5O12P3/c1-16-12(3-28-33(24,25)31-34(26,27)30-32(21,22)23)10(20)7(14)9(29-12)6-2-5(13)8-11(15)17-4-18-19(6)8/h1-2,4,7,9-10,20H,3H2,(H5-,15,17,18,21,22,23,24,25,26,27)/p+1/t7-,9-,10-,12+/m0/s1. The summed E-state index contributed by atoms with van der Waals surface area (Å²) in [5.41, 5.74) is 2.22. The summed E-state index contributed by atoms with van der Waals surface area (Å²) in [6.07, 6.45) is -5.66. The summed E-state index contributed by atoms with van der Waals surface area (Å²) in [4.78, 5) is 42.5. The molecule has 0 aromatic carbocycles. The van der Waals surface area contributed by atoms with Gasteiger partial charge in [-0.15, -0.1) is 0 Å². The van der Waals surface area contributed by atoms with Gasteiger partial charge in [0.2, 0.25) is 6.10 Å². The monoisotopic (exact) mass is 552 g/mol. The fourth-order valence-electron chi connectivity index (χ4n) is 2.98. The third kappa shape index (κ3) is 5.34. The maximum absolute atomic E-state index is 15.0. The van der Waals surface area contributed by atoms with Crippen molar-refractivity contribution < 1.29 is 65.0 Å². The van der Waals surface area contributed by atoms with Crippen LogP contribution >= 0.6 is 23.5 Å². The van der Waals surface area contributed by atoms with Gasteiger partial charge in [-0.1, -0.05) is 0 Å². The van der Waals surface area contributed by atoms with Crippen LogP contribution in [0.5, 0.6) is 0 Å². The summed E-state index contributed by atoms with van der Waals surface area (Å²) in [5.74, 6) is -1.29. The Kier molecular flexibility index (Phi) is 7.03. The third-order valence-corrected chi connectivity index (χ3v) is 8.09. The van der Waals surface area contributed by atoms with Crippen molar-refractivity contribution in [2.45, 2.75) is 24.1 Å². The highest BCUT2D eigenvalue weighted by Gasteiger charge is 2.66. The molecule has 2 aromatic rings. The highest BCUT2D eigenvalue weighted by molar-refractivity contribution is 7.66. The average molecular weight is 552 g/mol. The predicted molar refractivity (Wildman–Crippen MR) is 103 cm³/mol. The molecule has 2 aromatic heterocycles. The summed E-state index contributed by atoms with van der Waals surface area (Å²) in [5, 5.41) is 14.0. The molecule has 1 aliphatic rings. The molecule has 0 radical (unpaired) electrons. The summed E-state index contributed by atoms with van der Waals surface area (Å²) in [6, 6.07) is 0.763. The first-order valence-electron chi connectivity index (χ1n) is 8.49. The SMILES string of the molecule is C#[N+][C@]1(COP(=O)(O)OP(=O)(O)OP(=O)(O)O)O[C@@H](c2cc(F)c3c(N)ncnn23)[C@H](F)[C@@H]1O. The number of aromatic nitrogens is 3. The summed E-state index contributed by atoms with van der Waals surface area (Å²) >= 11 is 0. The van der Waals surface area contributed by atoms with Crippen molar-refractivity contribution in [3.05, 3.63) is 28.7 Å². The molecule has 34 heavy (non-hydrogen) atoms. The van der Waals surface area contributed by atoms with Gasteiger partial charge in [0.15, 0.2) is 24.4 Å². The van der Waals surface area contributed by atoms with Crippen LogP contribution in [0.25, 0.3) is 10.4 Å². The number of phosphoric acid groups is 3. The lowest BCUT2D eigenvalue weighted by molar-refractivity contribution is -0.0798. The minimum Gasteiger partial charge on any atom is -0.382 e. The normalized spacial score (nSPS) is 28.9. The van der Waals surface area contributed by atoms with E-state index in [4.69, 9.17) is 31.7 Å². The minimum atomic E-state index is -5.86. The van der Waals surface area contributed by atoms with Gasteiger partial charge in [0, 0.05) is 6.07 Å². The van der Waals surface area contributed by atoms with E-state index >= 15 is 0 Å². The Morgan fingerprint density at radius 1 is 1.26 bits per heavy atom. The molecule has 2 unspecified atom stereocenters. The number of aliphatic hydroxyl groups excluding tert-OH is 1. The van der Waals surface area contributed by atoms with Gasteiger partial charge in [-0.05, 0) is 4.85 Å². The van der Waals surface area contributed by atoms with Gasteiger partial charge < -0.3 is 30.4 Å². The first-order valence-corrected chi connectivity index (χ1v) is 13.0. The topological polar surface area (TPSA) is 250 Å². The number of hydrogen-bond acceptors (Lipinski definition) is 11. The number of halogens is 2. The summed E-state index contributed by atoms with van der Waals surface area (Å²) in [6.45, 7) is 3.76. The van der Waals surface area contributed by atoms with Gasteiger partial charge in [-0.3, -0.25) is 9.26 Å². The molecule has 1 saturated heterocycles.